The first-order chi connectivity index (χ1) is 11.2. The summed E-state index contributed by atoms with van der Waals surface area (Å²) < 4.78 is 7.78. The summed E-state index contributed by atoms with van der Waals surface area (Å²) in [5, 5.41) is 10.1. The van der Waals surface area contributed by atoms with Gasteiger partial charge in [0.15, 0.2) is 0 Å². The Bertz CT molecular complexity index is 626. The first-order valence-electron chi connectivity index (χ1n) is 7.85. The minimum atomic E-state index is -0.101. The summed E-state index contributed by atoms with van der Waals surface area (Å²) in [6.07, 6.45) is 6.07. The Morgan fingerprint density at radius 1 is 1.57 bits per heavy atom. The summed E-state index contributed by atoms with van der Waals surface area (Å²) in [6.45, 7) is 1.30. The smallest absolute Gasteiger partial charge is 0.315 e. The van der Waals surface area contributed by atoms with Gasteiger partial charge in [0.1, 0.15) is 6.10 Å². The minimum Gasteiger partial charge on any atom is -0.372 e. The van der Waals surface area contributed by atoms with E-state index < -0.39 is 0 Å². The molecule has 0 radical (unpaired) electrons. The van der Waals surface area contributed by atoms with Crippen LogP contribution in [0.2, 0.25) is 0 Å². The van der Waals surface area contributed by atoms with Crippen molar-refractivity contribution in [2.45, 2.75) is 31.4 Å². The second-order valence-corrected chi connectivity index (χ2v) is 6.57. The molecule has 7 heteroatoms. The number of imidazole rings is 1. The van der Waals surface area contributed by atoms with E-state index in [9.17, 15) is 4.79 Å². The van der Waals surface area contributed by atoms with Crippen molar-refractivity contribution in [3.63, 3.8) is 0 Å². The van der Waals surface area contributed by atoms with Gasteiger partial charge in [0.05, 0.1) is 18.2 Å². The lowest BCUT2D eigenvalue weighted by Gasteiger charge is -2.30. The van der Waals surface area contributed by atoms with Gasteiger partial charge in [0, 0.05) is 26.2 Å². The Kier molecular flexibility index (Phi) is 5.30. The number of thiophene rings is 1. The van der Waals surface area contributed by atoms with Crippen molar-refractivity contribution in [3.8, 4) is 0 Å². The molecule has 1 aliphatic heterocycles. The summed E-state index contributed by atoms with van der Waals surface area (Å²) in [5.74, 6) is 0. The molecule has 2 atom stereocenters. The molecule has 2 aromatic heterocycles. The van der Waals surface area contributed by atoms with E-state index in [4.69, 9.17) is 4.74 Å². The standard InChI is InChI=1S/C16H22N4O2S/c1-20-11-17-9-14(20)15-8-13(3-6-22-15)19-16(21)18-5-2-12-4-7-23-10-12/h4,7,9-11,13,15H,2-3,5-6,8H2,1H3,(H2,18,19,21). The summed E-state index contributed by atoms with van der Waals surface area (Å²) in [5.41, 5.74) is 2.31. The van der Waals surface area contributed by atoms with Gasteiger partial charge in [-0.25, -0.2) is 9.78 Å². The molecule has 2 unspecified atom stereocenters. The van der Waals surface area contributed by atoms with Gasteiger partial charge in [-0.05, 0) is 41.7 Å². The van der Waals surface area contributed by atoms with Gasteiger partial charge < -0.3 is 19.9 Å². The van der Waals surface area contributed by atoms with Crippen molar-refractivity contribution in [2.75, 3.05) is 13.2 Å². The Labute approximate surface area is 139 Å². The number of amides is 2. The number of hydrogen-bond acceptors (Lipinski definition) is 4. The quantitative estimate of drug-likeness (QED) is 0.881. The number of nitrogens with one attached hydrogen (secondary N) is 2. The maximum Gasteiger partial charge on any atom is 0.315 e. The Hall–Kier alpha value is -1.86. The van der Waals surface area contributed by atoms with E-state index in [0.717, 1.165) is 25.0 Å². The van der Waals surface area contributed by atoms with E-state index in [1.807, 2.05) is 17.8 Å². The highest BCUT2D eigenvalue weighted by Gasteiger charge is 2.26. The van der Waals surface area contributed by atoms with Crippen LogP contribution in [0.15, 0.2) is 29.4 Å². The first-order valence-corrected chi connectivity index (χ1v) is 8.80. The highest BCUT2D eigenvalue weighted by molar-refractivity contribution is 7.07. The van der Waals surface area contributed by atoms with Crippen molar-refractivity contribution >= 4 is 17.4 Å². The lowest BCUT2D eigenvalue weighted by atomic mass is 10.0. The van der Waals surface area contributed by atoms with Crippen molar-refractivity contribution < 1.29 is 9.53 Å². The molecule has 1 saturated heterocycles. The molecule has 6 nitrogen and oxygen atoms in total. The molecular formula is C16H22N4O2S. The maximum absolute atomic E-state index is 12.0. The van der Waals surface area contributed by atoms with Crippen LogP contribution in [0.5, 0.6) is 0 Å². The fraction of sp³-hybridized carbons (Fsp3) is 0.500. The largest absolute Gasteiger partial charge is 0.372 e. The van der Waals surface area contributed by atoms with E-state index in [2.05, 4.69) is 32.4 Å². The van der Waals surface area contributed by atoms with Gasteiger partial charge in [-0.1, -0.05) is 0 Å². The summed E-state index contributed by atoms with van der Waals surface area (Å²) in [7, 11) is 1.96. The lowest BCUT2D eigenvalue weighted by Crippen LogP contribution is -2.45. The molecule has 3 rings (SSSR count). The number of ether oxygens (including phenoxy) is 1. The Balaban J connectivity index is 1.44. The van der Waals surface area contributed by atoms with Crippen molar-refractivity contribution in [1.29, 1.82) is 0 Å². The number of aromatic nitrogens is 2. The number of carbonyl (C=O) groups is 1. The van der Waals surface area contributed by atoms with Crippen LogP contribution in [0.4, 0.5) is 4.79 Å². The van der Waals surface area contributed by atoms with E-state index in [1.165, 1.54) is 5.56 Å². The maximum atomic E-state index is 12.0. The van der Waals surface area contributed by atoms with E-state index in [-0.39, 0.29) is 18.2 Å². The summed E-state index contributed by atoms with van der Waals surface area (Å²) >= 11 is 1.68. The number of nitrogens with zero attached hydrogens (tertiary/aromatic N) is 2. The summed E-state index contributed by atoms with van der Waals surface area (Å²) in [6, 6.07) is 2.11. The van der Waals surface area contributed by atoms with Gasteiger partial charge in [0.2, 0.25) is 0 Å². The first kappa shape index (κ1) is 16.0. The number of carbonyl (C=O) groups excluding carboxylic acids is 1. The van der Waals surface area contributed by atoms with Gasteiger partial charge in [-0.15, -0.1) is 0 Å². The molecule has 2 aromatic rings. The monoisotopic (exact) mass is 334 g/mol. The lowest BCUT2D eigenvalue weighted by molar-refractivity contribution is -0.00176. The van der Waals surface area contributed by atoms with Crippen LogP contribution in [0.25, 0.3) is 0 Å². The third-order valence-corrected chi connectivity index (χ3v) is 4.81. The Morgan fingerprint density at radius 2 is 2.48 bits per heavy atom. The van der Waals surface area contributed by atoms with Gasteiger partial charge in [0.25, 0.3) is 0 Å². The second-order valence-electron chi connectivity index (χ2n) is 5.79. The third kappa shape index (κ3) is 4.33. The molecule has 0 aliphatic carbocycles. The van der Waals surface area contributed by atoms with Crippen LogP contribution in [0.1, 0.15) is 30.2 Å². The van der Waals surface area contributed by atoms with Crippen LogP contribution in [0.3, 0.4) is 0 Å². The molecule has 2 amide bonds. The number of rotatable bonds is 5. The molecule has 0 saturated carbocycles. The van der Waals surface area contributed by atoms with Crippen LogP contribution in [-0.4, -0.2) is 34.8 Å². The van der Waals surface area contributed by atoms with Crippen molar-refractivity contribution in [3.05, 3.63) is 40.6 Å². The number of aryl methyl sites for hydroxylation is 1. The average molecular weight is 334 g/mol. The van der Waals surface area contributed by atoms with Gasteiger partial charge >= 0.3 is 6.03 Å². The molecule has 124 valence electrons. The summed E-state index contributed by atoms with van der Waals surface area (Å²) in [4.78, 5) is 16.2. The Morgan fingerprint density at radius 3 is 3.22 bits per heavy atom. The molecule has 0 spiro atoms. The molecule has 0 bridgehead atoms. The fourth-order valence-electron chi connectivity index (χ4n) is 2.80. The molecule has 2 N–H and O–H groups in total. The highest BCUT2D eigenvalue weighted by atomic mass is 32.1. The topological polar surface area (TPSA) is 68.2 Å². The normalized spacial score (nSPS) is 21.1. The molecule has 1 aliphatic rings. The predicted octanol–water partition coefficient (Wildman–Crippen LogP) is 2.24. The zero-order valence-corrected chi connectivity index (χ0v) is 14.0. The van der Waals surface area contributed by atoms with E-state index in [1.54, 1.807) is 17.7 Å². The zero-order valence-electron chi connectivity index (χ0n) is 13.2. The third-order valence-electron chi connectivity index (χ3n) is 4.08. The fourth-order valence-corrected chi connectivity index (χ4v) is 3.51. The van der Waals surface area contributed by atoms with Crippen LogP contribution < -0.4 is 10.6 Å². The van der Waals surface area contributed by atoms with E-state index in [0.29, 0.717) is 13.2 Å². The van der Waals surface area contributed by atoms with Crippen molar-refractivity contribution in [1.82, 2.24) is 20.2 Å². The number of hydrogen-bond donors (Lipinski definition) is 2. The van der Waals surface area contributed by atoms with Gasteiger partial charge in [-0.2, -0.15) is 11.3 Å². The zero-order chi connectivity index (χ0) is 16.1. The van der Waals surface area contributed by atoms with Gasteiger partial charge in [-0.3, -0.25) is 0 Å². The molecule has 1 fully saturated rings. The van der Waals surface area contributed by atoms with Crippen LogP contribution in [-0.2, 0) is 18.2 Å². The highest BCUT2D eigenvalue weighted by Crippen LogP contribution is 2.27. The molecular weight excluding hydrogens is 312 g/mol. The minimum absolute atomic E-state index is 0.00708. The average Bonchev–Trinajstić information content (AvgIpc) is 3.19. The SMILES string of the molecule is Cn1cncc1C1CC(NC(=O)NCCc2ccsc2)CCO1. The molecule has 3 heterocycles. The molecule has 23 heavy (non-hydrogen) atoms. The molecule has 0 aromatic carbocycles. The van der Waals surface area contributed by atoms with Crippen molar-refractivity contribution in [2.24, 2.45) is 7.05 Å². The van der Waals surface area contributed by atoms with Crippen LogP contribution >= 0.6 is 11.3 Å². The predicted molar refractivity (Wildman–Crippen MR) is 89.5 cm³/mol. The van der Waals surface area contributed by atoms with Crippen LogP contribution in [0, 0.1) is 0 Å². The second kappa shape index (κ2) is 7.61. The van der Waals surface area contributed by atoms with E-state index >= 15 is 0 Å². The number of urea groups is 1.